The van der Waals surface area contributed by atoms with Gasteiger partial charge in [-0.2, -0.15) is 0 Å². The molecule has 0 amide bonds. The van der Waals surface area contributed by atoms with E-state index >= 15 is 0 Å². The smallest absolute Gasteiger partial charge is 0.312 e. The number of carbonyl (C=O) groups is 1. The highest BCUT2D eigenvalue weighted by Gasteiger charge is 2.43. The summed E-state index contributed by atoms with van der Waals surface area (Å²) in [5.41, 5.74) is 0.122. The quantitative estimate of drug-likeness (QED) is 0.865. The third-order valence-electron chi connectivity index (χ3n) is 3.28. The molecule has 1 unspecified atom stereocenters. The van der Waals surface area contributed by atoms with Gasteiger partial charge in [-0.1, -0.05) is 18.2 Å². The lowest BCUT2D eigenvalue weighted by molar-refractivity contribution is -0.148. The predicted molar refractivity (Wildman–Crippen MR) is 62.2 cm³/mol. The van der Waals surface area contributed by atoms with Crippen LogP contribution in [0.5, 0.6) is 5.75 Å². The molecule has 92 valence electrons. The van der Waals surface area contributed by atoms with Gasteiger partial charge in [0.25, 0.3) is 0 Å². The summed E-state index contributed by atoms with van der Waals surface area (Å²) in [5.74, 6) is -0.0547. The van der Waals surface area contributed by atoms with Crippen molar-refractivity contribution in [2.45, 2.75) is 12.8 Å². The molecule has 1 aliphatic heterocycles. The van der Waals surface area contributed by atoms with Crippen LogP contribution in [0.1, 0.15) is 12.0 Å². The Bertz CT molecular complexity index is 408. The largest absolute Gasteiger partial charge is 0.496 e. The van der Waals surface area contributed by atoms with Crippen LogP contribution in [0.2, 0.25) is 0 Å². The maximum absolute atomic E-state index is 11.4. The first kappa shape index (κ1) is 11.9. The van der Waals surface area contributed by atoms with E-state index in [0.717, 1.165) is 11.3 Å². The summed E-state index contributed by atoms with van der Waals surface area (Å²) < 4.78 is 10.5. The minimum absolute atomic E-state index is 0.278. The highest BCUT2D eigenvalue weighted by atomic mass is 16.5. The van der Waals surface area contributed by atoms with Crippen molar-refractivity contribution in [3.63, 3.8) is 0 Å². The van der Waals surface area contributed by atoms with E-state index in [1.54, 1.807) is 7.11 Å². The number of carboxylic acid groups (broad SMARTS) is 1. The fraction of sp³-hybridized carbons (Fsp3) is 0.462. The van der Waals surface area contributed by atoms with Crippen molar-refractivity contribution < 1.29 is 19.4 Å². The average Bonchev–Trinajstić information content (AvgIpc) is 2.80. The van der Waals surface area contributed by atoms with E-state index in [-0.39, 0.29) is 6.61 Å². The van der Waals surface area contributed by atoms with Crippen LogP contribution in [0.15, 0.2) is 24.3 Å². The van der Waals surface area contributed by atoms with Gasteiger partial charge in [0.1, 0.15) is 5.75 Å². The Hall–Kier alpha value is -1.55. The molecule has 0 bridgehead atoms. The van der Waals surface area contributed by atoms with Crippen LogP contribution < -0.4 is 4.74 Å². The molecular formula is C13H16O4. The van der Waals surface area contributed by atoms with Gasteiger partial charge in [-0.15, -0.1) is 0 Å². The molecule has 1 N–H and O–H groups in total. The third-order valence-corrected chi connectivity index (χ3v) is 3.28. The number of hydrogen-bond acceptors (Lipinski definition) is 3. The maximum Gasteiger partial charge on any atom is 0.312 e. The molecule has 1 heterocycles. The molecule has 4 nitrogen and oxygen atoms in total. The summed E-state index contributed by atoms with van der Waals surface area (Å²) in [7, 11) is 1.59. The molecule has 2 rings (SSSR count). The molecule has 0 spiro atoms. The Morgan fingerprint density at radius 1 is 1.53 bits per heavy atom. The first-order valence-corrected chi connectivity index (χ1v) is 5.61. The standard InChI is InChI=1S/C13H16O4/c1-16-11-5-3-2-4-10(11)8-13(12(14)15)6-7-17-9-13/h2-5H,6-9H2,1H3,(H,14,15). The molecule has 4 heteroatoms. The summed E-state index contributed by atoms with van der Waals surface area (Å²) in [4.78, 5) is 11.4. The zero-order valence-electron chi connectivity index (χ0n) is 9.81. The van der Waals surface area contributed by atoms with Crippen LogP contribution in [0, 0.1) is 5.41 Å². The van der Waals surface area contributed by atoms with Crippen LogP contribution in [0.25, 0.3) is 0 Å². The number of rotatable bonds is 4. The Morgan fingerprint density at radius 3 is 2.88 bits per heavy atom. The Kier molecular flexibility index (Phi) is 3.33. The van der Waals surface area contributed by atoms with Gasteiger partial charge in [0.2, 0.25) is 0 Å². The van der Waals surface area contributed by atoms with Gasteiger partial charge in [-0.25, -0.2) is 0 Å². The second-order valence-corrected chi connectivity index (χ2v) is 4.38. The van der Waals surface area contributed by atoms with Crippen molar-refractivity contribution >= 4 is 5.97 Å². The number of para-hydroxylation sites is 1. The Morgan fingerprint density at radius 2 is 2.29 bits per heavy atom. The Labute approximate surface area is 100 Å². The van der Waals surface area contributed by atoms with Crippen LogP contribution in [-0.2, 0) is 16.0 Å². The van der Waals surface area contributed by atoms with E-state index in [1.165, 1.54) is 0 Å². The molecule has 0 aromatic heterocycles. The fourth-order valence-corrected chi connectivity index (χ4v) is 2.20. The molecule has 1 atom stereocenters. The number of ether oxygens (including phenoxy) is 2. The molecule has 0 aliphatic carbocycles. The topological polar surface area (TPSA) is 55.8 Å². The van der Waals surface area contributed by atoms with Crippen molar-refractivity contribution in [3.8, 4) is 5.75 Å². The molecule has 17 heavy (non-hydrogen) atoms. The fourth-order valence-electron chi connectivity index (χ4n) is 2.20. The summed E-state index contributed by atoms with van der Waals surface area (Å²) >= 11 is 0. The second-order valence-electron chi connectivity index (χ2n) is 4.38. The zero-order valence-corrected chi connectivity index (χ0v) is 9.81. The van der Waals surface area contributed by atoms with E-state index in [0.29, 0.717) is 19.4 Å². The van der Waals surface area contributed by atoms with Crippen molar-refractivity contribution in [2.24, 2.45) is 5.41 Å². The van der Waals surface area contributed by atoms with Gasteiger partial charge in [0.15, 0.2) is 0 Å². The van der Waals surface area contributed by atoms with Crippen LogP contribution in [0.4, 0.5) is 0 Å². The summed E-state index contributed by atoms with van der Waals surface area (Å²) in [6.07, 6.45) is 1.01. The van der Waals surface area contributed by atoms with Crippen molar-refractivity contribution in [3.05, 3.63) is 29.8 Å². The second kappa shape index (κ2) is 4.75. The highest BCUT2D eigenvalue weighted by molar-refractivity contribution is 5.75. The van der Waals surface area contributed by atoms with Gasteiger partial charge in [-0.05, 0) is 24.5 Å². The molecule has 1 fully saturated rings. The zero-order chi connectivity index (χ0) is 12.3. The SMILES string of the molecule is COc1ccccc1CC1(C(=O)O)CCOC1. The first-order chi connectivity index (χ1) is 8.18. The van der Waals surface area contributed by atoms with E-state index in [1.807, 2.05) is 24.3 Å². The Balaban J connectivity index is 2.26. The summed E-state index contributed by atoms with van der Waals surface area (Å²) in [6.45, 7) is 0.793. The van der Waals surface area contributed by atoms with Gasteiger partial charge in [0.05, 0.1) is 19.1 Å². The monoisotopic (exact) mass is 236 g/mol. The summed E-state index contributed by atoms with van der Waals surface area (Å²) in [6, 6.07) is 7.52. The van der Waals surface area contributed by atoms with Crippen LogP contribution in [-0.4, -0.2) is 31.4 Å². The van der Waals surface area contributed by atoms with E-state index in [4.69, 9.17) is 9.47 Å². The molecule has 1 aliphatic rings. The lowest BCUT2D eigenvalue weighted by Crippen LogP contribution is -2.33. The molecule has 1 aromatic rings. The van der Waals surface area contributed by atoms with Gasteiger partial charge >= 0.3 is 5.97 Å². The van der Waals surface area contributed by atoms with E-state index in [2.05, 4.69) is 0 Å². The number of hydrogen-bond donors (Lipinski definition) is 1. The van der Waals surface area contributed by atoms with E-state index in [9.17, 15) is 9.90 Å². The number of benzene rings is 1. The van der Waals surface area contributed by atoms with Crippen molar-refractivity contribution in [2.75, 3.05) is 20.3 Å². The lowest BCUT2D eigenvalue weighted by atomic mass is 9.81. The van der Waals surface area contributed by atoms with Gasteiger partial charge < -0.3 is 14.6 Å². The van der Waals surface area contributed by atoms with Gasteiger partial charge in [-0.3, -0.25) is 4.79 Å². The van der Waals surface area contributed by atoms with Crippen molar-refractivity contribution in [1.29, 1.82) is 0 Å². The molecular weight excluding hydrogens is 220 g/mol. The lowest BCUT2D eigenvalue weighted by Gasteiger charge is -2.23. The number of methoxy groups -OCH3 is 1. The number of carboxylic acids is 1. The highest BCUT2D eigenvalue weighted by Crippen LogP contribution is 2.35. The molecule has 1 aromatic carbocycles. The molecule has 0 radical (unpaired) electrons. The first-order valence-electron chi connectivity index (χ1n) is 5.61. The normalized spacial score (nSPS) is 23.6. The average molecular weight is 236 g/mol. The van der Waals surface area contributed by atoms with Gasteiger partial charge in [0, 0.05) is 6.61 Å². The third kappa shape index (κ3) is 2.26. The maximum atomic E-state index is 11.4. The number of aliphatic carboxylic acids is 1. The van der Waals surface area contributed by atoms with Crippen LogP contribution >= 0.6 is 0 Å². The van der Waals surface area contributed by atoms with Crippen LogP contribution in [0.3, 0.4) is 0 Å². The summed E-state index contributed by atoms with van der Waals surface area (Å²) in [5, 5.41) is 9.37. The molecule has 1 saturated heterocycles. The predicted octanol–water partition coefficient (Wildman–Crippen LogP) is 1.73. The minimum atomic E-state index is -0.797. The minimum Gasteiger partial charge on any atom is -0.496 e. The molecule has 0 saturated carbocycles. The van der Waals surface area contributed by atoms with E-state index < -0.39 is 11.4 Å². The van der Waals surface area contributed by atoms with Crippen molar-refractivity contribution in [1.82, 2.24) is 0 Å².